The van der Waals surface area contributed by atoms with Gasteiger partial charge in [0.15, 0.2) is 0 Å². The first-order valence-electron chi connectivity index (χ1n) is 12.6. The first-order chi connectivity index (χ1) is 18.0. The molecule has 0 saturated carbocycles. The Balaban J connectivity index is 1.33. The third-order valence-corrected chi connectivity index (χ3v) is 7.22. The van der Waals surface area contributed by atoms with Crippen LogP contribution in [-0.2, 0) is 0 Å². The van der Waals surface area contributed by atoms with Gasteiger partial charge in [-0.2, -0.15) is 0 Å². The average Bonchev–Trinajstić information content (AvgIpc) is 3.36. The maximum atomic E-state index is 13.1. The summed E-state index contributed by atoms with van der Waals surface area (Å²) < 4.78 is 5.55. The molecule has 1 fully saturated rings. The molecule has 0 unspecified atom stereocenters. The number of carboxylic acids is 1. The average molecular weight is 495 g/mol. The van der Waals surface area contributed by atoms with Crippen molar-refractivity contribution in [2.75, 3.05) is 19.6 Å². The minimum Gasteiger partial charge on any atom is -0.478 e. The van der Waals surface area contributed by atoms with E-state index in [0.29, 0.717) is 13.1 Å². The number of nitrogens with one attached hydrogen (secondary N) is 1. The fourth-order valence-corrected chi connectivity index (χ4v) is 5.26. The lowest BCUT2D eigenvalue weighted by Crippen LogP contribution is -2.33. The Bertz CT molecular complexity index is 1400. The zero-order chi connectivity index (χ0) is 25.8. The van der Waals surface area contributed by atoms with Crippen LogP contribution in [0.1, 0.15) is 40.4 Å². The van der Waals surface area contributed by atoms with Crippen LogP contribution in [0.4, 0.5) is 4.79 Å². The first-order valence-corrected chi connectivity index (χ1v) is 12.6. The lowest BCUT2D eigenvalue weighted by molar-refractivity contribution is 0.0693. The molecular formula is C31H30N2O4. The summed E-state index contributed by atoms with van der Waals surface area (Å²) in [5.74, 6) is -0.767. The summed E-state index contributed by atoms with van der Waals surface area (Å²) >= 11 is 0. The highest BCUT2D eigenvalue weighted by atomic mass is 16.6. The minimum atomic E-state index is -1.13. The number of hydrogen-bond acceptors (Lipinski definition) is 4. The molecule has 1 heterocycles. The number of para-hydroxylation sites is 1. The summed E-state index contributed by atoms with van der Waals surface area (Å²) in [5.41, 5.74) is 2.39. The third kappa shape index (κ3) is 5.34. The molecule has 5 rings (SSSR count). The Morgan fingerprint density at radius 2 is 1.62 bits per heavy atom. The summed E-state index contributed by atoms with van der Waals surface area (Å²) in [6.07, 6.45) is -0.528. The van der Waals surface area contributed by atoms with E-state index in [1.165, 1.54) is 34.0 Å². The second-order valence-corrected chi connectivity index (χ2v) is 9.55. The van der Waals surface area contributed by atoms with E-state index in [1.54, 1.807) is 17.0 Å². The van der Waals surface area contributed by atoms with Gasteiger partial charge in [0.2, 0.25) is 0 Å². The van der Waals surface area contributed by atoms with Crippen molar-refractivity contribution in [1.29, 1.82) is 0 Å². The van der Waals surface area contributed by atoms with Crippen molar-refractivity contribution >= 4 is 22.8 Å². The van der Waals surface area contributed by atoms with Crippen LogP contribution < -0.4 is 10.1 Å². The van der Waals surface area contributed by atoms with Crippen molar-refractivity contribution in [3.05, 3.63) is 114 Å². The number of carboxylic acid groups (broad SMARTS) is 1. The number of ether oxygens (including phenoxy) is 1. The van der Waals surface area contributed by atoms with E-state index in [1.807, 2.05) is 18.2 Å². The summed E-state index contributed by atoms with van der Waals surface area (Å²) in [6, 6.07) is 31.3. The monoisotopic (exact) mass is 494 g/mol. The zero-order valence-electron chi connectivity index (χ0n) is 20.7. The fraction of sp³-hybridized carbons (Fsp3) is 0.226. The summed E-state index contributed by atoms with van der Waals surface area (Å²) in [4.78, 5) is 26.3. The standard InChI is InChI=1S/C31H30N2O4/c1-21(25-16-9-13-22-12-5-6-14-26(22)25)32-18-24-19-33(20-28(24)23-10-3-2-4-11-23)31(36)37-29-17-8-7-15-27(29)30(34)35/h2-17,21,24,28,32H,18-20H2,1H3,(H,34,35)/t21-,24+,28-/m1/s1. The van der Waals surface area contributed by atoms with Crippen LogP contribution in [0.15, 0.2) is 97.1 Å². The van der Waals surface area contributed by atoms with Gasteiger partial charge in [-0.25, -0.2) is 9.59 Å². The molecule has 0 bridgehead atoms. The number of hydrogen-bond donors (Lipinski definition) is 2. The van der Waals surface area contributed by atoms with E-state index >= 15 is 0 Å². The highest BCUT2D eigenvalue weighted by Crippen LogP contribution is 2.34. The van der Waals surface area contributed by atoms with Gasteiger partial charge in [0.05, 0.1) is 0 Å². The Hall–Kier alpha value is -4.16. The second kappa shape index (κ2) is 10.8. The molecule has 1 aliphatic rings. The molecule has 2 N–H and O–H groups in total. The quantitative estimate of drug-likeness (QED) is 0.324. The Kier molecular flexibility index (Phi) is 7.19. The number of carbonyl (C=O) groups excluding carboxylic acids is 1. The Labute approximate surface area is 216 Å². The first kappa shape index (κ1) is 24.5. The van der Waals surface area contributed by atoms with Gasteiger partial charge < -0.3 is 20.1 Å². The molecule has 0 aromatic heterocycles. The van der Waals surface area contributed by atoms with Gasteiger partial charge in [0, 0.05) is 31.6 Å². The number of nitrogens with zero attached hydrogens (tertiary/aromatic N) is 1. The summed E-state index contributed by atoms with van der Waals surface area (Å²) in [7, 11) is 0. The number of fused-ring (bicyclic) bond motifs is 1. The van der Waals surface area contributed by atoms with Crippen molar-refractivity contribution in [1.82, 2.24) is 10.2 Å². The summed E-state index contributed by atoms with van der Waals surface area (Å²) in [5, 5.41) is 15.6. The molecule has 1 aliphatic heterocycles. The molecule has 6 heteroatoms. The van der Waals surface area contributed by atoms with Crippen LogP contribution in [0, 0.1) is 5.92 Å². The molecule has 1 amide bonds. The van der Waals surface area contributed by atoms with E-state index in [0.717, 1.165) is 6.54 Å². The van der Waals surface area contributed by atoms with Crippen LogP contribution in [0.3, 0.4) is 0 Å². The highest BCUT2D eigenvalue weighted by Gasteiger charge is 2.37. The van der Waals surface area contributed by atoms with E-state index in [4.69, 9.17) is 4.74 Å². The number of rotatable bonds is 7. The molecule has 0 radical (unpaired) electrons. The number of amides is 1. The van der Waals surface area contributed by atoms with Crippen LogP contribution in [0.2, 0.25) is 0 Å². The Morgan fingerprint density at radius 1 is 0.919 bits per heavy atom. The van der Waals surface area contributed by atoms with Crippen LogP contribution >= 0.6 is 0 Å². The maximum absolute atomic E-state index is 13.1. The van der Waals surface area contributed by atoms with E-state index < -0.39 is 12.1 Å². The molecule has 0 spiro atoms. The van der Waals surface area contributed by atoms with Crippen LogP contribution in [0.5, 0.6) is 5.75 Å². The lowest BCUT2D eigenvalue weighted by atomic mass is 9.88. The van der Waals surface area contributed by atoms with E-state index in [9.17, 15) is 14.7 Å². The molecule has 6 nitrogen and oxygen atoms in total. The number of aromatic carboxylic acids is 1. The molecule has 37 heavy (non-hydrogen) atoms. The lowest BCUT2D eigenvalue weighted by Gasteiger charge is -2.23. The smallest absolute Gasteiger partial charge is 0.415 e. The van der Waals surface area contributed by atoms with Gasteiger partial charge in [-0.3, -0.25) is 0 Å². The van der Waals surface area contributed by atoms with Crippen LogP contribution in [0.25, 0.3) is 10.8 Å². The molecule has 188 valence electrons. The summed E-state index contributed by atoms with van der Waals surface area (Å²) in [6.45, 7) is 3.92. The van der Waals surface area contributed by atoms with Gasteiger partial charge in [0.1, 0.15) is 11.3 Å². The molecular weight excluding hydrogens is 464 g/mol. The van der Waals surface area contributed by atoms with Gasteiger partial charge in [-0.1, -0.05) is 84.9 Å². The van der Waals surface area contributed by atoms with Crippen molar-refractivity contribution in [2.24, 2.45) is 5.92 Å². The fourth-order valence-electron chi connectivity index (χ4n) is 5.26. The number of carbonyl (C=O) groups is 2. The maximum Gasteiger partial charge on any atom is 0.415 e. The SMILES string of the molecule is C[C@@H](NC[C@H]1CN(C(=O)Oc2ccccc2C(=O)O)C[C@@H]1c1ccccc1)c1cccc2ccccc12. The van der Waals surface area contributed by atoms with Crippen molar-refractivity contribution in [2.45, 2.75) is 18.9 Å². The number of benzene rings is 4. The van der Waals surface area contributed by atoms with E-state index in [2.05, 4.69) is 66.8 Å². The van der Waals surface area contributed by atoms with Gasteiger partial charge >= 0.3 is 12.1 Å². The third-order valence-electron chi connectivity index (χ3n) is 7.22. The zero-order valence-corrected chi connectivity index (χ0v) is 20.7. The second-order valence-electron chi connectivity index (χ2n) is 9.55. The molecule has 4 aromatic carbocycles. The predicted molar refractivity (Wildman–Crippen MR) is 144 cm³/mol. The molecule has 0 aliphatic carbocycles. The normalized spacial score (nSPS) is 18.0. The molecule has 4 aromatic rings. The van der Waals surface area contributed by atoms with Crippen LogP contribution in [-0.4, -0.2) is 41.7 Å². The molecule has 1 saturated heterocycles. The van der Waals surface area contributed by atoms with Gasteiger partial charge in [-0.15, -0.1) is 0 Å². The van der Waals surface area contributed by atoms with Crippen molar-refractivity contribution < 1.29 is 19.4 Å². The predicted octanol–water partition coefficient (Wildman–Crippen LogP) is 6.10. The topological polar surface area (TPSA) is 78.9 Å². The Morgan fingerprint density at radius 3 is 2.43 bits per heavy atom. The van der Waals surface area contributed by atoms with Crippen molar-refractivity contribution in [3.63, 3.8) is 0 Å². The van der Waals surface area contributed by atoms with E-state index in [-0.39, 0.29) is 29.2 Å². The minimum absolute atomic E-state index is 0.0308. The largest absolute Gasteiger partial charge is 0.478 e. The highest BCUT2D eigenvalue weighted by molar-refractivity contribution is 5.92. The molecule has 3 atom stereocenters. The van der Waals surface area contributed by atoms with Crippen molar-refractivity contribution in [3.8, 4) is 5.75 Å². The van der Waals surface area contributed by atoms with Gasteiger partial charge in [0.25, 0.3) is 0 Å². The van der Waals surface area contributed by atoms with Gasteiger partial charge in [-0.05, 0) is 46.9 Å². The number of likely N-dealkylation sites (tertiary alicyclic amines) is 1.